The molecular weight excluding hydrogens is 284 g/mol. The molecule has 1 N–H and O–H groups in total. The Kier molecular flexibility index (Phi) is 6.36. The third-order valence-corrected chi connectivity index (χ3v) is 3.40. The summed E-state index contributed by atoms with van der Waals surface area (Å²) in [4.78, 5) is 25.2. The van der Waals surface area contributed by atoms with E-state index < -0.39 is 0 Å². The minimum absolute atomic E-state index is 0.0271. The number of morpholine rings is 1. The van der Waals surface area contributed by atoms with Crippen molar-refractivity contribution in [3.8, 4) is 0 Å². The number of hydrogen-bond acceptors (Lipinski definition) is 4. The van der Waals surface area contributed by atoms with Gasteiger partial charge in [-0.25, -0.2) is 0 Å². The van der Waals surface area contributed by atoms with Crippen LogP contribution in [0, 0.1) is 0 Å². The van der Waals surface area contributed by atoms with Gasteiger partial charge in [0.25, 0.3) is 0 Å². The first-order valence-corrected chi connectivity index (χ1v) is 7.46. The lowest BCUT2D eigenvalue weighted by molar-refractivity contribution is -0.149. The third-order valence-electron chi connectivity index (χ3n) is 3.40. The second kappa shape index (κ2) is 8.51. The van der Waals surface area contributed by atoms with Gasteiger partial charge in [0.05, 0.1) is 6.10 Å². The molecular formula is C16H22N2O4. The third kappa shape index (κ3) is 5.13. The molecule has 1 saturated heterocycles. The van der Waals surface area contributed by atoms with Crippen molar-refractivity contribution in [3.63, 3.8) is 0 Å². The van der Waals surface area contributed by atoms with Crippen molar-refractivity contribution in [1.82, 2.24) is 10.2 Å². The van der Waals surface area contributed by atoms with Crippen LogP contribution in [0.1, 0.15) is 12.5 Å². The van der Waals surface area contributed by atoms with Gasteiger partial charge in [-0.2, -0.15) is 0 Å². The highest BCUT2D eigenvalue weighted by Gasteiger charge is 2.26. The maximum atomic E-state index is 11.9. The summed E-state index contributed by atoms with van der Waals surface area (Å²) >= 11 is 0. The second-order valence-electron chi connectivity index (χ2n) is 5.13. The van der Waals surface area contributed by atoms with E-state index in [0.717, 1.165) is 5.56 Å². The van der Waals surface area contributed by atoms with Crippen molar-refractivity contribution in [2.45, 2.75) is 19.6 Å². The van der Waals surface area contributed by atoms with Gasteiger partial charge < -0.3 is 19.7 Å². The van der Waals surface area contributed by atoms with Crippen LogP contribution in [0.25, 0.3) is 0 Å². The zero-order chi connectivity index (χ0) is 15.8. The molecule has 1 aliphatic rings. The molecule has 2 amide bonds. The predicted octanol–water partition coefficient (Wildman–Crippen LogP) is 0.567. The Bertz CT molecular complexity index is 492. The van der Waals surface area contributed by atoms with Crippen LogP contribution in [0.3, 0.4) is 0 Å². The standard InChI is InChI=1S/C16H22N2O4/c1-2-21-11-15(19)17-8-14-10-18(16(20)12-22-14)9-13-6-4-3-5-7-13/h3-7,14H,2,8-12H2,1H3,(H,17,19). The summed E-state index contributed by atoms with van der Waals surface area (Å²) in [6.07, 6.45) is -0.188. The Labute approximate surface area is 130 Å². The van der Waals surface area contributed by atoms with Gasteiger partial charge in [0.2, 0.25) is 11.8 Å². The summed E-state index contributed by atoms with van der Waals surface area (Å²) in [5.41, 5.74) is 1.08. The van der Waals surface area contributed by atoms with E-state index in [4.69, 9.17) is 9.47 Å². The van der Waals surface area contributed by atoms with E-state index in [-0.39, 0.29) is 31.1 Å². The van der Waals surface area contributed by atoms with Crippen LogP contribution in [0.15, 0.2) is 30.3 Å². The van der Waals surface area contributed by atoms with Gasteiger partial charge in [0, 0.05) is 26.2 Å². The SMILES string of the molecule is CCOCC(=O)NCC1CN(Cc2ccccc2)C(=O)CO1. The molecule has 1 aromatic rings. The maximum Gasteiger partial charge on any atom is 0.248 e. The fourth-order valence-electron chi connectivity index (χ4n) is 2.23. The van der Waals surface area contributed by atoms with E-state index in [0.29, 0.717) is 26.2 Å². The number of nitrogens with zero attached hydrogens (tertiary/aromatic N) is 1. The molecule has 1 aliphatic heterocycles. The first kappa shape index (κ1) is 16.5. The summed E-state index contributed by atoms with van der Waals surface area (Å²) in [6, 6.07) is 9.82. The van der Waals surface area contributed by atoms with Crippen LogP contribution in [-0.2, 0) is 25.6 Å². The van der Waals surface area contributed by atoms with Gasteiger partial charge in [-0.15, -0.1) is 0 Å². The molecule has 22 heavy (non-hydrogen) atoms. The van der Waals surface area contributed by atoms with Crippen molar-refractivity contribution >= 4 is 11.8 Å². The van der Waals surface area contributed by atoms with Crippen LogP contribution in [0.2, 0.25) is 0 Å². The van der Waals surface area contributed by atoms with Crippen LogP contribution in [0.5, 0.6) is 0 Å². The van der Waals surface area contributed by atoms with Crippen molar-refractivity contribution in [2.24, 2.45) is 0 Å². The lowest BCUT2D eigenvalue weighted by atomic mass is 10.2. The van der Waals surface area contributed by atoms with E-state index in [1.165, 1.54) is 0 Å². The molecule has 6 nitrogen and oxygen atoms in total. The molecule has 2 rings (SSSR count). The number of carbonyl (C=O) groups is 2. The molecule has 0 bridgehead atoms. The maximum absolute atomic E-state index is 11.9. The van der Waals surface area contributed by atoms with E-state index in [1.807, 2.05) is 37.3 Å². The lowest BCUT2D eigenvalue weighted by Gasteiger charge is -2.33. The van der Waals surface area contributed by atoms with Gasteiger partial charge in [-0.3, -0.25) is 9.59 Å². The van der Waals surface area contributed by atoms with E-state index in [2.05, 4.69) is 5.32 Å². The number of benzene rings is 1. The zero-order valence-electron chi connectivity index (χ0n) is 12.8. The highest BCUT2D eigenvalue weighted by molar-refractivity contribution is 5.78. The van der Waals surface area contributed by atoms with Crippen LogP contribution in [-0.4, -0.2) is 55.7 Å². The molecule has 120 valence electrons. The van der Waals surface area contributed by atoms with Crippen molar-refractivity contribution in [1.29, 1.82) is 0 Å². The van der Waals surface area contributed by atoms with E-state index >= 15 is 0 Å². The number of rotatable bonds is 7. The molecule has 0 aliphatic carbocycles. The normalized spacial score (nSPS) is 18.3. The van der Waals surface area contributed by atoms with E-state index in [1.54, 1.807) is 4.90 Å². The number of ether oxygens (including phenoxy) is 2. The first-order valence-electron chi connectivity index (χ1n) is 7.46. The minimum Gasteiger partial charge on any atom is -0.372 e. The second-order valence-corrected chi connectivity index (χ2v) is 5.13. The van der Waals surface area contributed by atoms with Gasteiger partial charge >= 0.3 is 0 Å². The van der Waals surface area contributed by atoms with Crippen LogP contribution >= 0.6 is 0 Å². The molecule has 1 fully saturated rings. The van der Waals surface area contributed by atoms with Gasteiger partial charge in [0.1, 0.15) is 13.2 Å². The van der Waals surface area contributed by atoms with Gasteiger partial charge in [-0.05, 0) is 12.5 Å². The molecule has 1 atom stereocenters. The highest BCUT2D eigenvalue weighted by atomic mass is 16.5. The quantitative estimate of drug-likeness (QED) is 0.799. The first-order chi connectivity index (χ1) is 10.7. The molecule has 0 radical (unpaired) electrons. The number of nitrogens with one attached hydrogen (secondary N) is 1. The molecule has 1 unspecified atom stereocenters. The monoisotopic (exact) mass is 306 g/mol. The molecule has 0 aromatic heterocycles. The summed E-state index contributed by atoms with van der Waals surface area (Å²) in [6.45, 7) is 3.87. The largest absolute Gasteiger partial charge is 0.372 e. The smallest absolute Gasteiger partial charge is 0.248 e. The van der Waals surface area contributed by atoms with E-state index in [9.17, 15) is 9.59 Å². The molecule has 0 spiro atoms. The average Bonchev–Trinajstić information content (AvgIpc) is 2.54. The fraction of sp³-hybridized carbons (Fsp3) is 0.500. The van der Waals surface area contributed by atoms with Crippen LogP contribution < -0.4 is 5.32 Å². The predicted molar refractivity (Wildman–Crippen MR) is 81.1 cm³/mol. The van der Waals surface area contributed by atoms with Crippen LogP contribution in [0.4, 0.5) is 0 Å². The molecule has 0 saturated carbocycles. The lowest BCUT2D eigenvalue weighted by Crippen LogP contribution is -2.50. The molecule has 1 heterocycles. The Hall–Kier alpha value is -1.92. The summed E-state index contributed by atoms with van der Waals surface area (Å²) < 4.78 is 10.5. The minimum atomic E-state index is -0.188. The molecule has 6 heteroatoms. The van der Waals surface area contributed by atoms with Gasteiger partial charge in [-0.1, -0.05) is 30.3 Å². The highest BCUT2D eigenvalue weighted by Crippen LogP contribution is 2.11. The Morgan fingerprint density at radius 3 is 2.91 bits per heavy atom. The fourth-order valence-corrected chi connectivity index (χ4v) is 2.23. The Morgan fingerprint density at radius 2 is 2.18 bits per heavy atom. The van der Waals surface area contributed by atoms with Crippen molar-refractivity contribution in [3.05, 3.63) is 35.9 Å². The molecule has 1 aromatic carbocycles. The van der Waals surface area contributed by atoms with Gasteiger partial charge in [0.15, 0.2) is 0 Å². The topological polar surface area (TPSA) is 67.9 Å². The summed E-state index contributed by atoms with van der Waals surface area (Å²) in [5, 5.41) is 2.76. The van der Waals surface area contributed by atoms with Crippen molar-refractivity contribution < 1.29 is 19.1 Å². The Balaban J connectivity index is 1.80. The number of hydrogen-bond donors (Lipinski definition) is 1. The number of carbonyl (C=O) groups excluding carboxylic acids is 2. The van der Waals surface area contributed by atoms with Crippen molar-refractivity contribution in [2.75, 3.05) is 32.9 Å². The summed E-state index contributed by atoms with van der Waals surface area (Å²) in [7, 11) is 0. The summed E-state index contributed by atoms with van der Waals surface area (Å²) in [5.74, 6) is -0.197. The zero-order valence-corrected chi connectivity index (χ0v) is 12.8. The number of amides is 2. The Morgan fingerprint density at radius 1 is 1.41 bits per heavy atom. The average molecular weight is 306 g/mol.